The number of hydrogen-bond donors (Lipinski definition) is 1. The Morgan fingerprint density at radius 3 is 2.40 bits per heavy atom. The molecule has 1 saturated heterocycles. The van der Waals surface area contributed by atoms with Crippen molar-refractivity contribution in [3.05, 3.63) is 30.1 Å². The second-order valence-electron chi connectivity index (χ2n) is 6.43. The number of nitrogens with zero attached hydrogens (tertiary/aromatic N) is 2. The number of amides is 2. The van der Waals surface area contributed by atoms with E-state index in [4.69, 9.17) is 0 Å². The van der Waals surface area contributed by atoms with Crippen LogP contribution in [0.2, 0.25) is 0 Å². The number of carbonyl (C=O) groups is 2. The van der Waals surface area contributed by atoms with Gasteiger partial charge in [-0.2, -0.15) is 0 Å². The van der Waals surface area contributed by atoms with Crippen LogP contribution in [0.25, 0.3) is 0 Å². The van der Waals surface area contributed by atoms with Crippen molar-refractivity contribution in [2.24, 2.45) is 0 Å². The van der Waals surface area contributed by atoms with Crippen LogP contribution in [-0.2, 0) is 9.59 Å². The largest absolute Gasteiger partial charge is 0.353 e. The van der Waals surface area contributed by atoms with Crippen LogP contribution >= 0.6 is 11.8 Å². The number of nitrogens with one attached hydrogen (secondary N) is 1. The Hall–Kier alpha value is -1.60. The maximum Gasteiger partial charge on any atom is 0.234 e. The van der Waals surface area contributed by atoms with Crippen LogP contribution in [0, 0.1) is 5.82 Å². The highest BCUT2D eigenvalue weighted by molar-refractivity contribution is 7.99. The van der Waals surface area contributed by atoms with Crippen LogP contribution in [0.1, 0.15) is 20.3 Å². The molecule has 0 saturated carbocycles. The summed E-state index contributed by atoms with van der Waals surface area (Å²) in [4.78, 5) is 29.0. The van der Waals surface area contributed by atoms with E-state index in [1.165, 1.54) is 12.1 Å². The zero-order valence-electron chi connectivity index (χ0n) is 14.8. The van der Waals surface area contributed by atoms with Crippen molar-refractivity contribution in [1.82, 2.24) is 15.1 Å². The SMILES string of the molecule is CC(C)NC(=O)CN1CCN(C(=O)CCSc2ccc(F)cc2)CC1. The third kappa shape index (κ3) is 7.04. The Morgan fingerprint density at radius 2 is 1.80 bits per heavy atom. The quantitative estimate of drug-likeness (QED) is 0.749. The number of carbonyl (C=O) groups excluding carboxylic acids is 2. The lowest BCUT2D eigenvalue weighted by Gasteiger charge is -2.34. The molecule has 0 unspecified atom stereocenters. The number of rotatable bonds is 7. The van der Waals surface area contributed by atoms with Gasteiger partial charge in [-0.05, 0) is 38.1 Å². The van der Waals surface area contributed by atoms with Gasteiger partial charge in [0.2, 0.25) is 11.8 Å². The molecule has 0 spiro atoms. The lowest BCUT2D eigenvalue weighted by molar-refractivity contribution is -0.132. The Morgan fingerprint density at radius 1 is 1.16 bits per heavy atom. The van der Waals surface area contributed by atoms with E-state index in [2.05, 4.69) is 10.2 Å². The predicted octanol–water partition coefficient (Wildman–Crippen LogP) is 1.98. The van der Waals surface area contributed by atoms with Crippen molar-refractivity contribution in [2.45, 2.75) is 31.2 Å². The van der Waals surface area contributed by atoms with Crippen LogP contribution in [-0.4, -0.2) is 66.1 Å². The molecule has 1 aliphatic rings. The second kappa shape index (κ2) is 9.77. The molecule has 7 heteroatoms. The van der Waals surface area contributed by atoms with Gasteiger partial charge < -0.3 is 10.2 Å². The molecule has 1 aliphatic heterocycles. The number of thioether (sulfide) groups is 1. The fourth-order valence-electron chi connectivity index (χ4n) is 2.67. The monoisotopic (exact) mass is 367 g/mol. The fourth-order valence-corrected chi connectivity index (χ4v) is 3.51. The highest BCUT2D eigenvalue weighted by atomic mass is 32.2. The standard InChI is InChI=1S/C18H26FN3O2S/c1-14(2)20-17(23)13-21-8-10-22(11-9-21)18(24)7-12-25-16-5-3-15(19)4-6-16/h3-6,14H,7-13H2,1-2H3,(H,20,23). The van der Waals surface area contributed by atoms with Gasteiger partial charge in [-0.1, -0.05) is 0 Å². The molecule has 1 aromatic rings. The minimum absolute atomic E-state index is 0.0328. The third-order valence-corrected chi connectivity index (χ3v) is 4.95. The maximum absolute atomic E-state index is 12.9. The number of halogens is 1. The zero-order chi connectivity index (χ0) is 18.2. The summed E-state index contributed by atoms with van der Waals surface area (Å²) in [5.41, 5.74) is 0. The van der Waals surface area contributed by atoms with Crippen LogP contribution in [0.3, 0.4) is 0 Å². The molecular weight excluding hydrogens is 341 g/mol. The first kappa shape index (κ1) is 19.7. The molecule has 138 valence electrons. The molecule has 0 bridgehead atoms. The topological polar surface area (TPSA) is 52.7 Å². The summed E-state index contributed by atoms with van der Waals surface area (Å²) in [6.45, 7) is 7.05. The molecule has 1 aromatic carbocycles. The molecule has 1 N–H and O–H groups in total. The summed E-state index contributed by atoms with van der Waals surface area (Å²) in [5.74, 6) is 0.605. The summed E-state index contributed by atoms with van der Waals surface area (Å²) < 4.78 is 12.9. The Balaban J connectivity index is 1.65. The molecule has 5 nitrogen and oxygen atoms in total. The lowest BCUT2D eigenvalue weighted by atomic mass is 10.2. The molecule has 2 rings (SSSR count). The Labute approximate surface area is 152 Å². The van der Waals surface area contributed by atoms with E-state index in [0.717, 1.165) is 18.0 Å². The van der Waals surface area contributed by atoms with Crippen LogP contribution < -0.4 is 5.32 Å². The highest BCUT2D eigenvalue weighted by Crippen LogP contribution is 2.19. The first-order valence-electron chi connectivity index (χ1n) is 8.62. The summed E-state index contributed by atoms with van der Waals surface area (Å²) in [7, 11) is 0. The first-order valence-corrected chi connectivity index (χ1v) is 9.60. The highest BCUT2D eigenvalue weighted by Gasteiger charge is 2.22. The normalized spacial score (nSPS) is 15.4. The Kier molecular flexibility index (Phi) is 7.71. The summed E-state index contributed by atoms with van der Waals surface area (Å²) >= 11 is 1.56. The molecule has 1 heterocycles. The van der Waals surface area contributed by atoms with E-state index >= 15 is 0 Å². The van der Waals surface area contributed by atoms with Gasteiger partial charge in [0.1, 0.15) is 5.82 Å². The van der Waals surface area contributed by atoms with Gasteiger partial charge in [0.25, 0.3) is 0 Å². The van der Waals surface area contributed by atoms with Crippen molar-refractivity contribution in [2.75, 3.05) is 38.5 Å². The number of hydrogen-bond acceptors (Lipinski definition) is 4. The number of benzene rings is 1. The molecule has 1 fully saturated rings. The van der Waals surface area contributed by atoms with Gasteiger partial charge >= 0.3 is 0 Å². The summed E-state index contributed by atoms with van der Waals surface area (Å²) in [5, 5.41) is 2.88. The van der Waals surface area contributed by atoms with E-state index < -0.39 is 0 Å². The zero-order valence-corrected chi connectivity index (χ0v) is 15.7. The molecule has 0 radical (unpaired) electrons. The van der Waals surface area contributed by atoms with Gasteiger partial charge in [0, 0.05) is 49.3 Å². The minimum atomic E-state index is -0.250. The van der Waals surface area contributed by atoms with E-state index in [-0.39, 0.29) is 23.7 Å². The molecular formula is C18H26FN3O2S. The van der Waals surface area contributed by atoms with Gasteiger partial charge in [0.05, 0.1) is 6.54 Å². The lowest BCUT2D eigenvalue weighted by Crippen LogP contribution is -2.51. The van der Waals surface area contributed by atoms with Gasteiger partial charge in [-0.3, -0.25) is 14.5 Å². The van der Waals surface area contributed by atoms with Crippen LogP contribution in [0.4, 0.5) is 4.39 Å². The van der Waals surface area contributed by atoms with Crippen LogP contribution in [0.5, 0.6) is 0 Å². The van der Waals surface area contributed by atoms with E-state index in [1.54, 1.807) is 23.9 Å². The Bertz CT molecular complexity index is 572. The van der Waals surface area contributed by atoms with E-state index in [9.17, 15) is 14.0 Å². The minimum Gasteiger partial charge on any atom is -0.353 e. The predicted molar refractivity (Wildman–Crippen MR) is 98.0 cm³/mol. The first-order chi connectivity index (χ1) is 11.9. The van der Waals surface area contributed by atoms with Crippen molar-refractivity contribution >= 4 is 23.6 Å². The second-order valence-corrected chi connectivity index (χ2v) is 7.60. The molecule has 2 amide bonds. The smallest absolute Gasteiger partial charge is 0.234 e. The van der Waals surface area contributed by atoms with Gasteiger partial charge in [-0.25, -0.2) is 4.39 Å². The molecule has 0 aromatic heterocycles. The van der Waals surface area contributed by atoms with Crippen molar-refractivity contribution in [3.63, 3.8) is 0 Å². The van der Waals surface area contributed by atoms with E-state index in [1.807, 2.05) is 18.7 Å². The molecule has 25 heavy (non-hydrogen) atoms. The molecule has 0 aliphatic carbocycles. The summed E-state index contributed by atoms with van der Waals surface area (Å²) in [6, 6.07) is 6.46. The maximum atomic E-state index is 12.9. The number of piperazine rings is 1. The van der Waals surface area contributed by atoms with E-state index in [0.29, 0.717) is 31.8 Å². The van der Waals surface area contributed by atoms with Crippen molar-refractivity contribution in [3.8, 4) is 0 Å². The third-order valence-electron chi connectivity index (χ3n) is 3.94. The van der Waals surface area contributed by atoms with Gasteiger partial charge in [-0.15, -0.1) is 11.8 Å². The fraction of sp³-hybridized carbons (Fsp3) is 0.556. The van der Waals surface area contributed by atoms with Crippen LogP contribution in [0.15, 0.2) is 29.2 Å². The molecule has 0 atom stereocenters. The van der Waals surface area contributed by atoms with Crippen molar-refractivity contribution in [1.29, 1.82) is 0 Å². The average molecular weight is 367 g/mol. The van der Waals surface area contributed by atoms with Gasteiger partial charge in [0.15, 0.2) is 0 Å². The summed E-state index contributed by atoms with van der Waals surface area (Å²) in [6.07, 6.45) is 0.468. The average Bonchev–Trinajstić information content (AvgIpc) is 2.56. The van der Waals surface area contributed by atoms with Crippen molar-refractivity contribution < 1.29 is 14.0 Å².